The molecular formula is C12H19NO2S. The Bertz CT molecular complexity index is 342. The van der Waals surface area contributed by atoms with Gasteiger partial charge in [0.1, 0.15) is 5.75 Å². The van der Waals surface area contributed by atoms with Crippen LogP contribution in [0.4, 0.5) is 0 Å². The van der Waals surface area contributed by atoms with E-state index in [2.05, 4.69) is 12.2 Å². The van der Waals surface area contributed by atoms with Crippen molar-refractivity contribution in [3.8, 4) is 5.75 Å². The molecule has 0 aliphatic heterocycles. The molecular weight excluding hydrogens is 222 g/mol. The summed E-state index contributed by atoms with van der Waals surface area (Å²) in [6.45, 7) is 3.89. The molecule has 0 saturated heterocycles. The van der Waals surface area contributed by atoms with Crippen LogP contribution in [0.15, 0.2) is 29.2 Å². The van der Waals surface area contributed by atoms with Crippen molar-refractivity contribution >= 4 is 10.8 Å². The molecule has 4 heteroatoms. The minimum Gasteiger partial charge on any atom is -0.497 e. The van der Waals surface area contributed by atoms with Gasteiger partial charge >= 0.3 is 0 Å². The van der Waals surface area contributed by atoms with Gasteiger partial charge in [-0.1, -0.05) is 13.0 Å². The van der Waals surface area contributed by atoms with E-state index >= 15 is 0 Å². The van der Waals surface area contributed by atoms with Gasteiger partial charge in [-0.2, -0.15) is 0 Å². The van der Waals surface area contributed by atoms with Crippen molar-refractivity contribution in [2.45, 2.75) is 18.2 Å². The molecule has 0 saturated carbocycles. The standard InChI is InChI=1S/C12H19NO2S/c1-3-7-13-8-9-16(14)12-6-4-5-11(10-12)15-2/h4-6,10,13H,3,7-9H2,1-2H3. The minimum atomic E-state index is -0.941. The Morgan fingerprint density at radius 2 is 2.19 bits per heavy atom. The van der Waals surface area contributed by atoms with Crippen molar-refractivity contribution in [2.75, 3.05) is 26.0 Å². The molecule has 0 amide bonds. The van der Waals surface area contributed by atoms with Crippen LogP contribution in [0.1, 0.15) is 13.3 Å². The summed E-state index contributed by atoms with van der Waals surface area (Å²) in [7, 11) is 0.675. The second-order valence-electron chi connectivity index (χ2n) is 3.48. The van der Waals surface area contributed by atoms with E-state index in [1.807, 2.05) is 24.3 Å². The Morgan fingerprint density at radius 3 is 2.88 bits per heavy atom. The summed E-state index contributed by atoms with van der Waals surface area (Å²) in [5.41, 5.74) is 0. The van der Waals surface area contributed by atoms with Crippen LogP contribution in [0.25, 0.3) is 0 Å². The van der Waals surface area contributed by atoms with E-state index in [9.17, 15) is 4.21 Å². The van der Waals surface area contributed by atoms with Crippen molar-refractivity contribution in [3.63, 3.8) is 0 Å². The maximum Gasteiger partial charge on any atom is 0.120 e. The van der Waals surface area contributed by atoms with Gasteiger partial charge < -0.3 is 10.1 Å². The second-order valence-corrected chi connectivity index (χ2v) is 5.05. The van der Waals surface area contributed by atoms with Gasteiger partial charge in [-0.25, -0.2) is 0 Å². The number of hydrogen-bond acceptors (Lipinski definition) is 3. The number of rotatable bonds is 7. The zero-order valence-corrected chi connectivity index (χ0v) is 10.7. The summed E-state index contributed by atoms with van der Waals surface area (Å²) in [5.74, 6) is 1.40. The molecule has 1 aromatic rings. The number of nitrogens with one attached hydrogen (secondary N) is 1. The molecule has 0 spiro atoms. The third-order valence-electron chi connectivity index (χ3n) is 2.20. The summed E-state index contributed by atoms with van der Waals surface area (Å²) < 4.78 is 17.0. The second kappa shape index (κ2) is 7.41. The summed E-state index contributed by atoms with van der Waals surface area (Å²) in [5, 5.41) is 3.24. The van der Waals surface area contributed by atoms with Gasteiger partial charge in [0, 0.05) is 17.2 Å². The Morgan fingerprint density at radius 1 is 1.38 bits per heavy atom. The number of hydrogen-bond donors (Lipinski definition) is 1. The smallest absolute Gasteiger partial charge is 0.120 e. The van der Waals surface area contributed by atoms with Crippen LogP contribution in [0.5, 0.6) is 5.75 Å². The molecule has 1 N–H and O–H groups in total. The highest BCUT2D eigenvalue weighted by molar-refractivity contribution is 7.85. The first-order valence-electron chi connectivity index (χ1n) is 5.51. The molecule has 1 unspecified atom stereocenters. The number of methoxy groups -OCH3 is 1. The molecule has 0 bridgehead atoms. The largest absolute Gasteiger partial charge is 0.497 e. The molecule has 0 aliphatic carbocycles. The molecule has 0 aromatic heterocycles. The van der Waals surface area contributed by atoms with Crippen molar-refractivity contribution < 1.29 is 8.95 Å². The normalized spacial score (nSPS) is 12.4. The summed E-state index contributed by atoms with van der Waals surface area (Å²) in [6.07, 6.45) is 1.10. The lowest BCUT2D eigenvalue weighted by atomic mass is 10.3. The van der Waals surface area contributed by atoms with E-state index < -0.39 is 10.8 Å². The topological polar surface area (TPSA) is 38.3 Å². The van der Waals surface area contributed by atoms with Gasteiger partial charge in [0.2, 0.25) is 0 Å². The maximum absolute atomic E-state index is 11.9. The first-order chi connectivity index (χ1) is 7.77. The molecule has 3 nitrogen and oxygen atoms in total. The predicted octanol–water partition coefficient (Wildman–Crippen LogP) is 1.80. The van der Waals surface area contributed by atoms with E-state index in [1.54, 1.807) is 7.11 Å². The Kier molecular flexibility index (Phi) is 6.11. The van der Waals surface area contributed by atoms with Gasteiger partial charge in [-0.3, -0.25) is 4.21 Å². The van der Waals surface area contributed by atoms with Crippen LogP contribution >= 0.6 is 0 Å². The quantitative estimate of drug-likeness (QED) is 0.740. The Hall–Kier alpha value is -0.870. The SMILES string of the molecule is CCCNCCS(=O)c1cccc(OC)c1. The lowest BCUT2D eigenvalue weighted by molar-refractivity contribution is 0.413. The first kappa shape index (κ1) is 13.2. The fourth-order valence-electron chi connectivity index (χ4n) is 1.33. The molecule has 0 aliphatic rings. The lowest BCUT2D eigenvalue weighted by Gasteiger charge is -2.05. The van der Waals surface area contributed by atoms with Crippen LogP contribution in [0, 0.1) is 0 Å². The van der Waals surface area contributed by atoms with Crippen molar-refractivity contribution in [1.82, 2.24) is 5.32 Å². The van der Waals surface area contributed by atoms with E-state index in [-0.39, 0.29) is 0 Å². The van der Waals surface area contributed by atoms with Crippen LogP contribution < -0.4 is 10.1 Å². The number of ether oxygens (including phenoxy) is 1. The number of benzene rings is 1. The minimum absolute atomic E-state index is 0.646. The molecule has 16 heavy (non-hydrogen) atoms. The van der Waals surface area contributed by atoms with E-state index in [1.165, 1.54) is 0 Å². The molecule has 0 radical (unpaired) electrons. The zero-order chi connectivity index (χ0) is 11.8. The average molecular weight is 241 g/mol. The fraction of sp³-hybridized carbons (Fsp3) is 0.500. The van der Waals surface area contributed by atoms with Crippen molar-refractivity contribution in [1.29, 1.82) is 0 Å². The Balaban J connectivity index is 2.46. The van der Waals surface area contributed by atoms with Gasteiger partial charge in [-0.05, 0) is 31.2 Å². The monoisotopic (exact) mass is 241 g/mol. The lowest BCUT2D eigenvalue weighted by Crippen LogP contribution is -2.21. The summed E-state index contributed by atoms with van der Waals surface area (Å²) in [6, 6.07) is 7.43. The van der Waals surface area contributed by atoms with Crippen LogP contribution in [0.3, 0.4) is 0 Å². The zero-order valence-electron chi connectivity index (χ0n) is 9.86. The summed E-state index contributed by atoms with van der Waals surface area (Å²) >= 11 is 0. The molecule has 90 valence electrons. The van der Waals surface area contributed by atoms with Gasteiger partial charge in [-0.15, -0.1) is 0 Å². The molecule has 1 rings (SSSR count). The first-order valence-corrected chi connectivity index (χ1v) is 6.83. The van der Waals surface area contributed by atoms with E-state index in [0.717, 1.165) is 30.2 Å². The van der Waals surface area contributed by atoms with Gasteiger partial charge in [0.05, 0.1) is 17.9 Å². The maximum atomic E-state index is 11.9. The fourth-order valence-corrected chi connectivity index (χ4v) is 2.37. The third-order valence-corrected chi connectivity index (χ3v) is 3.55. The van der Waals surface area contributed by atoms with E-state index in [4.69, 9.17) is 4.74 Å². The Labute approximate surface area is 99.7 Å². The van der Waals surface area contributed by atoms with Crippen molar-refractivity contribution in [3.05, 3.63) is 24.3 Å². The van der Waals surface area contributed by atoms with Gasteiger partial charge in [0.25, 0.3) is 0 Å². The van der Waals surface area contributed by atoms with E-state index in [0.29, 0.717) is 5.75 Å². The summed E-state index contributed by atoms with van der Waals surface area (Å²) in [4.78, 5) is 0.831. The van der Waals surface area contributed by atoms with Crippen LogP contribution in [-0.4, -0.2) is 30.2 Å². The molecule has 1 atom stereocenters. The van der Waals surface area contributed by atoms with Crippen LogP contribution in [-0.2, 0) is 10.8 Å². The van der Waals surface area contributed by atoms with Crippen molar-refractivity contribution in [2.24, 2.45) is 0 Å². The third kappa shape index (κ3) is 4.33. The molecule has 0 fully saturated rings. The highest BCUT2D eigenvalue weighted by Gasteiger charge is 2.04. The highest BCUT2D eigenvalue weighted by atomic mass is 32.2. The molecule has 0 heterocycles. The average Bonchev–Trinajstić information content (AvgIpc) is 2.34. The predicted molar refractivity (Wildman–Crippen MR) is 67.4 cm³/mol. The highest BCUT2D eigenvalue weighted by Crippen LogP contribution is 2.15. The molecule has 1 aromatic carbocycles. The van der Waals surface area contributed by atoms with Crippen LogP contribution in [0.2, 0.25) is 0 Å². The van der Waals surface area contributed by atoms with Gasteiger partial charge in [0.15, 0.2) is 0 Å².